The van der Waals surface area contributed by atoms with Gasteiger partial charge in [-0.15, -0.1) is 0 Å². The largest absolute Gasteiger partial charge is 0.496 e. The molecule has 2 aromatic rings. The Kier molecular flexibility index (Phi) is 10.0. The highest BCUT2D eigenvalue weighted by Gasteiger charge is 2.26. The number of hydrogen-bond acceptors (Lipinski definition) is 7. The maximum atomic E-state index is 12.5. The first kappa shape index (κ1) is 28.0. The molecule has 0 spiro atoms. The summed E-state index contributed by atoms with van der Waals surface area (Å²) in [6.07, 6.45) is 10.1. The van der Waals surface area contributed by atoms with Gasteiger partial charge in [-0.25, -0.2) is 4.79 Å². The molecule has 2 aromatic carbocycles. The first-order valence-corrected chi connectivity index (χ1v) is 13.8. The highest BCUT2D eigenvalue weighted by atomic mass is 35.5. The standard InChI is InChI=1S/C30H35ClO7/c1-35-27-17-28(26(31)16-23(27)18-32)36-19-29(33)37-24-12-10-20(11-13-24)14-21-6-5-9-25(15-21)38-30(34)22-7-3-2-4-8-22/h5-6,9,15-18,20,22,24H,2-4,7-8,10-14,19H2,1H3. The SMILES string of the molecule is COc1cc(OCC(=O)OC2CCC(Cc3cccc(OC(=O)C4CCCCC4)c3)CC2)c(Cl)cc1C=O. The van der Waals surface area contributed by atoms with Gasteiger partial charge in [-0.05, 0) is 74.6 Å². The van der Waals surface area contributed by atoms with Crippen LogP contribution in [0.2, 0.25) is 5.02 Å². The lowest BCUT2D eigenvalue weighted by Gasteiger charge is -2.28. The minimum absolute atomic E-state index is 0.0265. The van der Waals surface area contributed by atoms with Crippen LogP contribution >= 0.6 is 11.6 Å². The van der Waals surface area contributed by atoms with Crippen molar-refractivity contribution >= 4 is 29.8 Å². The number of hydrogen-bond donors (Lipinski definition) is 0. The van der Waals surface area contributed by atoms with E-state index in [1.54, 1.807) is 0 Å². The smallest absolute Gasteiger partial charge is 0.344 e. The van der Waals surface area contributed by atoms with Crippen LogP contribution in [0.1, 0.15) is 73.7 Å². The highest BCUT2D eigenvalue weighted by Crippen LogP contribution is 2.33. The Bertz CT molecular complexity index is 1120. The van der Waals surface area contributed by atoms with Crippen molar-refractivity contribution < 1.29 is 33.3 Å². The summed E-state index contributed by atoms with van der Waals surface area (Å²) in [5.74, 6) is 1.13. The molecule has 0 radical (unpaired) electrons. The fourth-order valence-corrected chi connectivity index (χ4v) is 5.57. The van der Waals surface area contributed by atoms with Gasteiger partial charge in [-0.1, -0.05) is 43.0 Å². The molecule has 0 bridgehead atoms. The van der Waals surface area contributed by atoms with E-state index in [1.807, 2.05) is 18.2 Å². The van der Waals surface area contributed by atoms with Crippen LogP contribution in [0.5, 0.6) is 17.2 Å². The van der Waals surface area contributed by atoms with Gasteiger partial charge in [0.05, 0.1) is 23.6 Å². The Morgan fingerprint density at radius 1 is 0.974 bits per heavy atom. The number of esters is 2. The van der Waals surface area contributed by atoms with E-state index in [9.17, 15) is 14.4 Å². The second-order valence-corrected chi connectivity index (χ2v) is 10.6. The Morgan fingerprint density at radius 3 is 2.45 bits per heavy atom. The van der Waals surface area contributed by atoms with Crippen molar-refractivity contribution in [1.29, 1.82) is 0 Å². The molecule has 0 aliphatic heterocycles. The molecule has 4 rings (SSSR count). The zero-order valence-corrected chi connectivity index (χ0v) is 22.5. The molecule has 0 aromatic heterocycles. The maximum Gasteiger partial charge on any atom is 0.344 e. The van der Waals surface area contributed by atoms with E-state index in [4.69, 9.17) is 30.5 Å². The molecule has 0 unspecified atom stereocenters. The number of carbonyl (C=O) groups is 3. The molecule has 0 saturated heterocycles. The molecule has 2 saturated carbocycles. The number of halogens is 1. The fourth-order valence-electron chi connectivity index (χ4n) is 5.35. The van der Waals surface area contributed by atoms with Crippen molar-refractivity contribution in [1.82, 2.24) is 0 Å². The summed E-state index contributed by atoms with van der Waals surface area (Å²) < 4.78 is 22.0. The normalized spacial score (nSPS) is 19.8. The Hall–Kier alpha value is -3.06. The number of benzene rings is 2. The van der Waals surface area contributed by atoms with Crippen LogP contribution in [0.15, 0.2) is 36.4 Å². The van der Waals surface area contributed by atoms with Gasteiger partial charge in [0.1, 0.15) is 23.4 Å². The van der Waals surface area contributed by atoms with Crippen molar-refractivity contribution in [2.45, 2.75) is 70.3 Å². The summed E-state index contributed by atoms with van der Waals surface area (Å²) in [7, 11) is 1.44. The van der Waals surface area contributed by atoms with Gasteiger partial charge in [0, 0.05) is 6.07 Å². The van der Waals surface area contributed by atoms with E-state index in [0.717, 1.165) is 63.4 Å². The van der Waals surface area contributed by atoms with Gasteiger partial charge < -0.3 is 18.9 Å². The van der Waals surface area contributed by atoms with Crippen molar-refractivity contribution in [3.63, 3.8) is 0 Å². The van der Waals surface area contributed by atoms with Gasteiger partial charge >= 0.3 is 11.9 Å². The molecule has 204 valence electrons. The van der Waals surface area contributed by atoms with Crippen LogP contribution < -0.4 is 14.2 Å². The van der Waals surface area contributed by atoms with E-state index >= 15 is 0 Å². The minimum Gasteiger partial charge on any atom is -0.496 e. The first-order chi connectivity index (χ1) is 18.4. The molecule has 0 heterocycles. The Morgan fingerprint density at radius 2 is 1.74 bits per heavy atom. The summed E-state index contributed by atoms with van der Waals surface area (Å²) >= 11 is 6.15. The van der Waals surface area contributed by atoms with Crippen LogP contribution in [0, 0.1) is 11.8 Å². The molecular weight excluding hydrogens is 508 g/mol. The van der Waals surface area contributed by atoms with Crippen molar-refractivity contribution in [3.8, 4) is 17.2 Å². The third-order valence-corrected chi connectivity index (χ3v) is 7.72. The summed E-state index contributed by atoms with van der Waals surface area (Å²) in [6, 6.07) is 10.8. The zero-order chi connectivity index (χ0) is 26.9. The number of carbonyl (C=O) groups excluding carboxylic acids is 3. The number of ether oxygens (including phenoxy) is 4. The fraction of sp³-hybridized carbons (Fsp3) is 0.500. The highest BCUT2D eigenvalue weighted by molar-refractivity contribution is 6.32. The molecule has 8 heteroatoms. The van der Waals surface area contributed by atoms with Crippen molar-refractivity contribution in [2.24, 2.45) is 11.8 Å². The van der Waals surface area contributed by atoms with Crippen molar-refractivity contribution in [3.05, 3.63) is 52.5 Å². The van der Waals surface area contributed by atoms with E-state index < -0.39 is 5.97 Å². The summed E-state index contributed by atoms with van der Waals surface area (Å²) in [5.41, 5.74) is 1.46. The van der Waals surface area contributed by atoms with Crippen LogP contribution in [0.4, 0.5) is 0 Å². The zero-order valence-electron chi connectivity index (χ0n) is 21.8. The molecule has 0 atom stereocenters. The topological polar surface area (TPSA) is 88.1 Å². The van der Waals surface area contributed by atoms with Crippen molar-refractivity contribution in [2.75, 3.05) is 13.7 Å². The van der Waals surface area contributed by atoms with E-state index in [2.05, 4.69) is 6.07 Å². The Balaban J connectivity index is 1.20. The molecule has 0 amide bonds. The van der Waals surface area contributed by atoms with Gasteiger partial charge in [0.25, 0.3) is 0 Å². The van der Waals surface area contributed by atoms with Crippen LogP contribution in [-0.4, -0.2) is 38.0 Å². The molecule has 2 aliphatic rings. The van der Waals surface area contributed by atoms with E-state index in [-0.39, 0.29) is 35.4 Å². The van der Waals surface area contributed by atoms with Crippen LogP contribution in [-0.2, 0) is 20.7 Å². The van der Waals surface area contributed by atoms with Gasteiger partial charge in [0.2, 0.25) is 0 Å². The lowest BCUT2D eigenvalue weighted by atomic mass is 9.83. The average Bonchev–Trinajstić information content (AvgIpc) is 2.94. The lowest BCUT2D eigenvalue weighted by Crippen LogP contribution is -2.27. The predicted octanol–water partition coefficient (Wildman–Crippen LogP) is 6.37. The van der Waals surface area contributed by atoms with E-state index in [1.165, 1.54) is 25.7 Å². The molecule has 0 N–H and O–H groups in total. The number of aldehydes is 1. The number of rotatable bonds is 10. The second kappa shape index (κ2) is 13.7. The number of methoxy groups -OCH3 is 1. The monoisotopic (exact) mass is 542 g/mol. The quantitative estimate of drug-likeness (QED) is 0.196. The third kappa shape index (κ3) is 7.73. The summed E-state index contributed by atoms with van der Waals surface area (Å²) in [5, 5.41) is 0.217. The predicted molar refractivity (Wildman–Crippen MR) is 143 cm³/mol. The minimum atomic E-state index is -0.463. The molecule has 2 fully saturated rings. The summed E-state index contributed by atoms with van der Waals surface area (Å²) in [6.45, 7) is -0.282. The van der Waals surface area contributed by atoms with E-state index in [0.29, 0.717) is 29.3 Å². The third-order valence-electron chi connectivity index (χ3n) is 7.43. The van der Waals surface area contributed by atoms with Crippen LogP contribution in [0.25, 0.3) is 0 Å². The lowest BCUT2D eigenvalue weighted by molar-refractivity contribution is -0.153. The molecule has 7 nitrogen and oxygen atoms in total. The molecule has 38 heavy (non-hydrogen) atoms. The second-order valence-electron chi connectivity index (χ2n) is 10.2. The molecule has 2 aliphatic carbocycles. The first-order valence-electron chi connectivity index (χ1n) is 13.4. The van der Waals surface area contributed by atoms with Gasteiger partial charge in [-0.2, -0.15) is 0 Å². The van der Waals surface area contributed by atoms with Crippen LogP contribution in [0.3, 0.4) is 0 Å². The summed E-state index contributed by atoms with van der Waals surface area (Å²) in [4.78, 5) is 36.0. The maximum absolute atomic E-state index is 12.5. The van der Waals surface area contributed by atoms with Gasteiger partial charge in [-0.3, -0.25) is 9.59 Å². The molecular formula is C30H35ClO7. The van der Waals surface area contributed by atoms with Gasteiger partial charge in [0.15, 0.2) is 12.9 Å². The average molecular weight is 543 g/mol. The Labute approximate surface area is 228 Å².